The number of nitrogens with one attached hydrogen (secondary N) is 2. The maximum absolute atomic E-state index is 12.7. The molecule has 2 amide bonds. The number of alkyl halides is 3. The zero-order valence-electron chi connectivity index (χ0n) is 15.2. The Bertz CT molecular complexity index is 754. The lowest BCUT2D eigenvalue weighted by molar-refractivity contribution is -0.384. The summed E-state index contributed by atoms with van der Waals surface area (Å²) < 4.78 is 38.1. The molecule has 0 unspecified atom stereocenters. The highest BCUT2D eigenvalue weighted by molar-refractivity contribution is 5.80. The van der Waals surface area contributed by atoms with Gasteiger partial charge in [-0.25, -0.2) is 0 Å². The van der Waals surface area contributed by atoms with Crippen molar-refractivity contribution in [2.75, 3.05) is 31.5 Å². The Hall–Kier alpha value is -2.85. The quantitative estimate of drug-likeness (QED) is 0.432. The van der Waals surface area contributed by atoms with E-state index in [1.165, 1.54) is 6.92 Å². The van der Waals surface area contributed by atoms with Gasteiger partial charge in [0.2, 0.25) is 11.8 Å². The first-order valence-corrected chi connectivity index (χ1v) is 8.72. The zero-order valence-corrected chi connectivity index (χ0v) is 15.2. The molecule has 0 aliphatic carbocycles. The molecule has 1 atom stereocenters. The third kappa shape index (κ3) is 5.57. The van der Waals surface area contributed by atoms with Crippen molar-refractivity contribution in [3.63, 3.8) is 0 Å². The molecule has 0 radical (unpaired) electrons. The number of carbonyl (C=O) groups is 2. The number of nitrogens with zero attached hydrogens (tertiary/aromatic N) is 2. The standard InChI is InChI=1S/C17H21F3N4O4/c1-11(25)23-8-2-3-12(10-23)16(26)22-7-6-21-14-5-4-13(17(18,19)20)9-15(14)24(27)28/h4-5,9,12,21H,2-3,6-8,10H2,1H3,(H,22,26)/t12-/m1/s1. The largest absolute Gasteiger partial charge is 0.416 e. The van der Waals surface area contributed by atoms with Crippen molar-refractivity contribution >= 4 is 23.2 Å². The van der Waals surface area contributed by atoms with Gasteiger partial charge in [0.1, 0.15) is 5.69 Å². The van der Waals surface area contributed by atoms with Crippen molar-refractivity contribution in [3.8, 4) is 0 Å². The van der Waals surface area contributed by atoms with Crippen LogP contribution < -0.4 is 10.6 Å². The van der Waals surface area contributed by atoms with E-state index in [0.717, 1.165) is 18.6 Å². The van der Waals surface area contributed by atoms with E-state index in [1.54, 1.807) is 4.90 Å². The van der Waals surface area contributed by atoms with Gasteiger partial charge < -0.3 is 15.5 Å². The van der Waals surface area contributed by atoms with Crippen molar-refractivity contribution in [1.82, 2.24) is 10.2 Å². The van der Waals surface area contributed by atoms with Gasteiger partial charge in [0.25, 0.3) is 5.69 Å². The third-order valence-corrected chi connectivity index (χ3v) is 4.50. The van der Waals surface area contributed by atoms with Crippen LogP contribution in [0.4, 0.5) is 24.5 Å². The van der Waals surface area contributed by atoms with Gasteiger partial charge in [-0.1, -0.05) is 0 Å². The first kappa shape index (κ1) is 21.5. The molecule has 154 valence electrons. The van der Waals surface area contributed by atoms with Crippen LogP contribution in [0, 0.1) is 16.0 Å². The zero-order chi connectivity index (χ0) is 20.9. The highest BCUT2D eigenvalue weighted by Crippen LogP contribution is 2.34. The molecule has 11 heteroatoms. The van der Waals surface area contributed by atoms with Crippen LogP contribution in [0.3, 0.4) is 0 Å². The molecule has 0 bridgehead atoms. The number of carbonyl (C=O) groups excluding carboxylic acids is 2. The Morgan fingerprint density at radius 2 is 2.04 bits per heavy atom. The summed E-state index contributed by atoms with van der Waals surface area (Å²) >= 11 is 0. The number of nitro groups is 1. The van der Waals surface area contributed by atoms with Crippen molar-refractivity contribution in [2.24, 2.45) is 5.92 Å². The SMILES string of the molecule is CC(=O)N1CCC[C@@H](C(=O)NCCNc2ccc(C(F)(F)F)cc2[N+](=O)[O-])C1. The fourth-order valence-corrected chi connectivity index (χ4v) is 3.01. The average molecular weight is 402 g/mol. The first-order valence-electron chi connectivity index (χ1n) is 8.72. The van der Waals surface area contributed by atoms with Gasteiger partial charge in [0.15, 0.2) is 0 Å². The normalized spacial score (nSPS) is 17.1. The molecule has 1 aromatic carbocycles. The molecule has 0 saturated carbocycles. The molecule has 2 rings (SSSR count). The number of amides is 2. The summed E-state index contributed by atoms with van der Waals surface area (Å²) in [5, 5.41) is 16.4. The lowest BCUT2D eigenvalue weighted by atomic mass is 9.97. The fraction of sp³-hybridized carbons (Fsp3) is 0.529. The van der Waals surface area contributed by atoms with E-state index >= 15 is 0 Å². The van der Waals surface area contributed by atoms with E-state index in [2.05, 4.69) is 10.6 Å². The molecule has 0 aromatic heterocycles. The summed E-state index contributed by atoms with van der Waals surface area (Å²) in [6.07, 6.45) is -3.29. The Labute approximate surface area is 159 Å². The molecule has 2 N–H and O–H groups in total. The lowest BCUT2D eigenvalue weighted by Crippen LogP contribution is -2.45. The molecular formula is C17H21F3N4O4. The minimum absolute atomic E-state index is 0.0623. The third-order valence-electron chi connectivity index (χ3n) is 4.50. The number of halogens is 3. The van der Waals surface area contributed by atoms with E-state index < -0.39 is 22.4 Å². The predicted octanol–water partition coefficient (Wildman–Crippen LogP) is 2.40. The summed E-state index contributed by atoms with van der Waals surface area (Å²) in [4.78, 5) is 35.4. The molecule has 28 heavy (non-hydrogen) atoms. The second-order valence-electron chi connectivity index (χ2n) is 6.51. The van der Waals surface area contributed by atoms with Crippen LogP contribution in [-0.2, 0) is 15.8 Å². The molecule has 1 heterocycles. The minimum Gasteiger partial charge on any atom is -0.378 e. The van der Waals surface area contributed by atoms with Crippen molar-refractivity contribution in [3.05, 3.63) is 33.9 Å². The van der Waals surface area contributed by atoms with Gasteiger partial charge in [0.05, 0.1) is 16.4 Å². The number of rotatable bonds is 6. The number of hydrogen-bond acceptors (Lipinski definition) is 5. The van der Waals surface area contributed by atoms with E-state index in [1.807, 2.05) is 0 Å². The van der Waals surface area contributed by atoms with Crippen LogP contribution in [-0.4, -0.2) is 47.8 Å². The average Bonchev–Trinajstić information content (AvgIpc) is 2.64. The number of anilines is 1. The molecule has 8 nitrogen and oxygen atoms in total. The highest BCUT2D eigenvalue weighted by atomic mass is 19.4. The summed E-state index contributed by atoms with van der Waals surface area (Å²) in [5.41, 5.74) is -1.86. The number of likely N-dealkylation sites (tertiary alicyclic amines) is 1. The Kier molecular flexibility index (Phi) is 6.81. The maximum Gasteiger partial charge on any atom is 0.416 e. The number of piperidine rings is 1. The van der Waals surface area contributed by atoms with Crippen LogP contribution in [0.15, 0.2) is 18.2 Å². The van der Waals surface area contributed by atoms with E-state index in [4.69, 9.17) is 0 Å². The van der Waals surface area contributed by atoms with Crippen LogP contribution in [0.25, 0.3) is 0 Å². The van der Waals surface area contributed by atoms with Gasteiger partial charge in [0, 0.05) is 39.2 Å². The monoisotopic (exact) mass is 402 g/mol. The van der Waals surface area contributed by atoms with Gasteiger partial charge >= 0.3 is 6.18 Å². The van der Waals surface area contributed by atoms with Gasteiger partial charge in [-0.3, -0.25) is 19.7 Å². The van der Waals surface area contributed by atoms with Gasteiger partial charge in [-0.15, -0.1) is 0 Å². The summed E-state index contributed by atoms with van der Waals surface area (Å²) in [6.45, 7) is 2.65. The van der Waals surface area contributed by atoms with Crippen molar-refractivity contribution in [1.29, 1.82) is 0 Å². The van der Waals surface area contributed by atoms with Crippen molar-refractivity contribution < 1.29 is 27.7 Å². The second-order valence-corrected chi connectivity index (χ2v) is 6.51. The predicted molar refractivity (Wildman–Crippen MR) is 94.6 cm³/mol. The van der Waals surface area contributed by atoms with Crippen LogP contribution in [0.1, 0.15) is 25.3 Å². The molecule has 0 spiro atoms. The minimum atomic E-state index is -4.68. The number of hydrogen-bond donors (Lipinski definition) is 2. The summed E-state index contributed by atoms with van der Waals surface area (Å²) in [7, 11) is 0. The first-order chi connectivity index (χ1) is 13.1. The van der Waals surface area contributed by atoms with E-state index in [9.17, 15) is 32.9 Å². The number of benzene rings is 1. The van der Waals surface area contributed by atoms with Crippen LogP contribution >= 0.6 is 0 Å². The molecule has 1 fully saturated rings. The maximum atomic E-state index is 12.7. The van der Waals surface area contributed by atoms with Crippen LogP contribution in [0.2, 0.25) is 0 Å². The molecule has 1 aliphatic heterocycles. The van der Waals surface area contributed by atoms with Crippen LogP contribution in [0.5, 0.6) is 0 Å². The molecule has 1 saturated heterocycles. The van der Waals surface area contributed by atoms with E-state index in [-0.39, 0.29) is 36.5 Å². The Balaban J connectivity index is 1.88. The second kappa shape index (κ2) is 8.89. The summed E-state index contributed by atoms with van der Waals surface area (Å²) in [5.74, 6) is -0.637. The van der Waals surface area contributed by atoms with E-state index in [0.29, 0.717) is 25.6 Å². The lowest BCUT2D eigenvalue weighted by Gasteiger charge is -2.31. The smallest absolute Gasteiger partial charge is 0.378 e. The molecule has 1 aromatic rings. The Morgan fingerprint density at radius 1 is 1.32 bits per heavy atom. The molecule has 1 aliphatic rings. The van der Waals surface area contributed by atoms with Gasteiger partial charge in [-0.05, 0) is 25.0 Å². The number of nitro benzene ring substituents is 1. The van der Waals surface area contributed by atoms with Crippen molar-refractivity contribution in [2.45, 2.75) is 25.9 Å². The fourth-order valence-electron chi connectivity index (χ4n) is 3.01. The highest BCUT2D eigenvalue weighted by Gasteiger charge is 2.33. The summed E-state index contributed by atoms with van der Waals surface area (Å²) in [6, 6.07) is 2.22. The molecular weight excluding hydrogens is 381 g/mol. The topological polar surface area (TPSA) is 105 Å². The van der Waals surface area contributed by atoms with Gasteiger partial charge in [-0.2, -0.15) is 13.2 Å². The Morgan fingerprint density at radius 3 is 2.64 bits per heavy atom.